The van der Waals surface area contributed by atoms with E-state index in [2.05, 4.69) is 22.4 Å². The highest BCUT2D eigenvalue weighted by Gasteiger charge is 2.16. The molecule has 1 N–H and O–H groups in total. The second-order valence-corrected chi connectivity index (χ2v) is 6.90. The summed E-state index contributed by atoms with van der Waals surface area (Å²) in [6.45, 7) is 2.18. The number of carbonyl (C=O) groups excluding carboxylic acids is 1. The third-order valence-electron chi connectivity index (χ3n) is 4.15. The lowest BCUT2D eigenvalue weighted by Crippen LogP contribution is -2.25. The fourth-order valence-electron chi connectivity index (χ4n) is 2.78. The Morgan fingerprint density at radius 1 is 1.35 bits per heavy atom. The normalized spacial score (nSPS) is 19.7. The highest BCUT2D eigenvalue weighted by atomic mass is 32.1. The number of hydrazone groups is 1. The van der Waals surface area contributed by atoms with Crippen molar-refractivity contribution in [2.75, 3.05) is 0 Å². The van der Waals surface area contributed by atoms with Gasteiger partial charge in [-0.25, -0.2) is 10.4 Å². The summed E-state index contributed by atoms with van der Waals surface area (Å²) in [5.41, 5.74) is 5.81. The number of thiazole rings is 1. The highest BCUT2D eigenvalue weighted by molar-refractivity contribution is 7.10. The molecule has 1 aliphatic carbocycles. The lowest BCUT2D eigenvalue weighted by Gasteiger charge is -2.19. The lowest BCUT2D eigenvalue weighted by atomic mass is 9.89. The van der Waals surface area contributed by atoms with Crippen LogP contribution in [0.1, 0.15) is 37.6 Å². The van der Waals surface area contributed by atoms with Crippen molar-refractivity contribution >= 4 is 23.0 Å². The van der Waals surface area contributed by atoms with E-state index >= 15 is 0 Å². The van der Waals surface area contributed by atoms with Gasteiger partial charge in [0.2, 0.25) is 5.91 Å². The van der Waals surface area contributed by atoms with E-state index in [9.17, 15) is 4.79 Å². The van der Waals surface area contributed by atoms with Gasteiger partial charge < -0.3 is 0 Å². The van der Waals surface area contributed by atoms with Gasteiger partial charge in [0.05, 0.1) is 12.1 Å². The third-order valence-corrected chi connectivity index (χ3v) is 5.00. The molecule has 4 nitrogen and oxygen atoms in total. The van der Waals surface area contributed by atoms with E-state index in [-0.39, 0.29) is 12.3 Å². The first kappa shape index (κ1) is 15.9. The van der Waals surface area contributed by atoms with Crippen molar-refractivity contribution in [3.8, 4) is 11.3 Å². The molecule has 1 aromatic heterocycles. The number of aromatic nitrogens is 1. The molecule has 1 fully saturated rings. The summed E-state index contributed by atoms with van der Waals surface area (Å²) >= 11 is 1.51. The topological polar surface area (TPSA) is 54.4 Å². The minimum atomic E-state index is -0.0933. The number of rotatable bonds is 4. The van der Waals surface area contributed by atoms with Gasteiger partial charge in [0.25, 0.3) is 0 Å². The summed E-state index contributed by atoms with van der Waals surface area (Å²) in [6, 6.07) is 10.0. The Bertz CT molecular complexity index is 693. The Morgan fingerprint density at radius 3 is 2.96 bits per heavy atom. The molecule has 1 saturated carbocycles. The lowest BCUT2D eigenvalue weighted by molar-refractivity contribution is -0.120. The molecular weight excluding hydrogens is 306 g/mol. The molecule has 0 unspecified atom stereocenters. The van der Waals surface area contributed by atoms with E-state index in [1.807, 2.05) is 35.7 Å². The van der Waals surface area contributed by atoms with Gasteiger partial charge in [0.1, 0.15) is 5.01 Å². The summed E-state index contributed by atoms with van der Waals surface area (Å²) in [5.74, 6) is 0.387. The predicted octanol–water partition coefficient (Wildman–Crippen LogP) is 4.03. The van der Waals surface area contributed by atoms with Gasteiger partial charge in [-0.3, -0.25) is 4.79 Å². The number of amides is 1. The van der Waals surface area contributed by atoms with Gasteiger partial charge >= 0.3 is 0 Å². The standard InChI is InChI=1S/C18H21N3OS/c1-13-7-5-6-10-15(13)20-21-17(22)11-18-19-16(12-23-18)14-8-3-2-4-9-14/h2-4,8-9,12-13H,5-7,10-11H2,1H3,(H,21,22)/b20-15-/t13-/m0/s1. The van der Waals surface area contributed by atoms with Crippen molar-refractivity contribution < 1.29 is 4.79 Å². The number of hydrogen-bond acceptors (Lipinski definition) is 4. The van der Waals surface area contributed by atoms with Crippen LogP contribution in [0.2, 0.25) is 0 Å². The molecule has 5 heteroatoms. The van der Waals surface area contributed by atoms with E-state index in [4.69, 9.17) is 0 Å². The van der Waals surface area contributed by atoms with E-state index in [1.165, 1.54) is 30.6 Å². The van der Waals surface area contributed by atoms with E-state index in [0.29, 0.717) is 5.92 Å². The van der Waals surface area contributed by atoms with E-state index < -0.39 is 0 Å². The van der Waals surface area contributed by atoms with Gasteiger partial charge in [-0.05, 0) is 25.2 Å². The van der Waals surface area contributed by atoms with Gasteiger partial charge in [0, 0.05) is 16.7 Å². The minimum absolute atomic E-state index is 0.0933. The van der Waals surface area contributed by atoms with Crippen LogP contribution >= 0.6 is 11.3 Å². The van der Waals surface area contributed by atoms with Crippen LogP contribution in [0.25, 0.3) is 11.3 Å². The Kier molecular flexibility index (Phi) is 5.18. The summed E-state index contributed by atoms with van der Waals surface area (Å²) in [5, 5.41) is 7.13. The van der Waals surface area contributed by atoms with E-state index in [1.54, 1.807) is 0 Å². The molecule has 0 aliphatic heterocycles. The summed E-state index contributed by atoms with van der Waals surface area (Å²) in [7, 11) is 0. The van der Waals surface area contributed by atoms with Crippen LogP contribution in [0.5, 0.6) is 0 Å². The SMILES string of the molecule is C[C@H]1CCCC/C1=N/NC(=O)Cc1nc(-c2ccccc2)cs1. The molecule has 1 amide bonds. The Labute approximate surface area is 140 Å². The molecular formula is C18H21N3OS. The molecule has 23 heavy (non-hydrogen) atoms. The second-order valence-electron chi connectivity index (χ2n) is 5.95. The Balaban J connectivity index is 1.58. The monoisotopic (exact) mass is 327 g/mol. The molecule has 1 aromatic carbocycles. The molecule has 1 heterocycles. The van der Waals surface area contributed by atoms with Gasteiger partial charge in [0.15, 0.2) is 0 Å². The average molecular weight is 327 g/mol. The third kappa shape index (κ3) is 4.26. The van der Waals surface area contributed by atoms with Crippen LogP contribution in [-0.2, 0) is 11.2 Å². The smallest absolute Gasteiger partial charge is 0.246 e. The second kappa shape index (κ2) is 7.51. The van der Waals surface area contributed by atoms with Gasteiger partial charge in [-0.2, -0.15) is 5.10 Å². The van der Waals surface area contributed by atoms with Crippen LogP contribution in [-0.4, -0.2) is 16.6 Å². The zero-order chi connectivity index (χ0) is 16.1. The first-order chi connectivity index (χ1) is 11.2. The molecule has 3 rings (SSSR count). The number of carbonyl (C=O) groups is 1. The Morgan fingerprint density at radius 2 is 2.17 bits per heavy atom. The van der Waals surface area contributed by atoms with Crippen LogP contribution in [0, 0.1) is 5.92 Å². The predicted molar refractivity (Wildman–Crippen MR) is 94.5 cm³/mol. The number of nitrogens with one attached hydrogen (secondary N) is 1. The molecule has 0 bridgehead atoms. The number of hydrogen-bond donors (Lipinski definition) is 1. The average Bonchev–Trinajstić information content (AvgIpc) is 3.03. The first-order valence-corrected chi connectivity index (χ1v) is 8.95. The van der Waals surface area contributed by atoms with Crippen molar-refractivity contribution in [3.05, 3.63) is 40.7 Å². The maximum atomic E-state index is 12.1. The fourth-order valence-corrected chi connectivity index (χ4v) is 3.58. The van der Waals surface area contributed by atoms with Crippen molar-refractivity contribution in [1.29, 1.82) is 0 Å². The largest absolute Gasteiger partial charge is 0.273 e. The highest BCUT2D eigenvalue weighted by Crippen LogP contribution is 2.22. The number of nitrogens with zero attached hydrogens (tertiary/aromatic N) is 2. The summed E-state index contributed by atoms with van der Waals surface area (Å²) in [4.78, 5) is 16.6. The fraction of sp³-hybridized carbons (Fsp3) is 0.389. The summed E-state index contributed by atoms with van der Waals surface area (Å²) < 4.78 is 0. The quantitative estimate of drug-likeness (QED) is 0.862. The van der Waals surface area contributed by atoms with Crippen molar-refractivity contribution in [2.24, 2.45) is 11.0 Å². The van der Waals surface area contributed by atoms with Crippen molar-refractivity contribution in [3.63, 3.8) is 0 Å². The zero-order valence-electron chi connectivity index (χ0n) is 13.3. The van der Waals surface area contributed by atoms with Crippen LogP contribution in [0.4, 0.5) is 0 Å². The van der Waals surface area contributed by atoms with Gasteiger partial charge in [-0.15, -0.1) is 11.3 Å². The number of benzene rings is 1. The first-order valence-electron chi connectivity index (χ1n) is 8.07. The Hall–Kier alpha value is -2.01. The molecule has 1 aliphatic rings. The van der Waals surface area contributed by atoms with Crippen molar-refractivity contribution in [2.45, 2.75) is 39.0 Å². The molecule has 0 radical (unpaired) electrons. The molecule has 2 aromatic rings. The van der Waals surface area contributed by atoms with E-state index in [0.717, 1.165) is 28.4 Å². The zero-order valence-corrected chi connectivity index (χ0v) is 14.1. The molecule has 120 valence electrons. The van der Waals surface area contributed by atoms with Crippen LogP contribution < -0.4 is 5.43 Å². The molecule has 0 spiro atoms. The molecule has 0 saturated heterocycles. The van der Waals surface area contributed by atoms with Crippen LogP contribution in [0.3, 0.4) is 0 Å². The maximum absolute atomic E-state index is 12.1. The summed E-state index contributed by atoms with van der Waals surface area (Å²) in [6.07, 6.45) is 4.88. The molecule has 1 atom stereocenters. The van der Waals surface area contributed by atoms with Gasteiger partial charge in [-0.1, -0.05) is 43.7 Å². The van der Waals surface area contributed by atoms with Crippen molar-refractivity contribution in [1.82, 2.24) is 10.4 Å². The minimum Gasteiger partial charge on any atom is -0.273 e. The van der Waals surface area contributed by atoms with Crippen LogP contribution in [0.15, 0.2) is 40.8 Å². The maximum Gasteiger partial charge on any atom is 0.246 e.